The first-order chi connectivity index (χ1) is 13.0. The van der Waals surface area contributed by atoms with E-state index in [1.165, 1.54) is 0 Å². The minimum absolute atomic E-state index is 0.558. The summed E-state index contributed by atoms with van der Waals surface area (Å²) in [5.74, 6) is -25.2. The van der Waals surface area contributed by atoms with Crippen LogP contribution >= 0.6 is 0 Å². The van der Waals surface area contributed by atoms with Gasteiger partial charge in [0.2, 0.25) is 15.8 Å². The molecule has 17 heteroatoms. The van der Waals surface area contributed by atoms with Crippen LogP contribution in [0.3, 0.4) is 0 Å². The molecular formula is C12H3F9N2O4S2. The van der Waals surface area contributed by atoms with Crippen molar-refractivity contribution in [3.8, 4) is 0 Å². The number of nitrogens with two attached hydrogens (primary N) is 1. The lowest BCUT2D eigenvalue weighted by atomic mass is 10.2. The quantitative estimate of drug-likeness (QED) is 0.403. The van der Waals surface area contributed by atoms with E-state index >= 15 is 0 Å². The number of hydrogen-bond acceptors (Lipinski definition) is 4. The summed E-state index contributed by atoms with van der Waals surface area (Å²) >= 11 is 0. The van der Waals surface area contributed by atoms with E-state index in [1.807, 2.05) is 0 Å². The van der Waals surface area contributed by atoms with Gasteiger partial charge in [0.15, 0.2) is 56.3 Å². The standard InChI is InChI=1S/C12H3F9N2O4S2/c13-1-2(14)6(18)12(7(19)3(1)15)29(26,27)23-10-4(16)8(20)11(28(22,24)25)9(21)5(10)17/h23H,(H2,22,24,25). The van der Waals surface area contributed by atoms with Crippen LogP contribution in [0, 0.1) is 52.4 Å². The van der Waals surface area contributed by atoms with E-state index in [4.69, 9.17) is 0 Å². The van der Waals surface area contributed by atoms with E-state index in [9.17, 15) is 56.3 Å². The first kappa shape index (κ1) is 22.8. The maximum absolute atomic E-state index is 13.9. The van der Waals surface area contributed by atoms with Crippen LogP contribution in [0.15, 0.2) is 9.79 Å². The Hall–Kier alpha value is -2.53. The van der Waals surface area contributed by atoms with Gasteiger partial charge in [0.1, 0.15) is 5.69 Å². The van der Waals surface area contributed by atoms with Gasteiger partial charge < -0.3 is 0 Å². The molecule has 0 atom stereocenters. The highest BCUT2D eigenvalue weighted by molar-refractivity contribution is 7.92. The minimum Gasteiger partial charge on any atom is -0.273 e. The molecule has 0 saturated carbocycles. The van der Waals surface area contributed by atoms with E-state index in [0.29, 0.717) is 4.72 Å². The average molecular weight is 474 g/mol. The van der Waals surface area contributed by atoms with Crippen molar-refractivity contribution in [2.75, 3.05) is 4.72 Å². The fourth-order valence-corrected chi connectivity index (χ4v) is 3.84. The van der Waals surface area contributed by atoms with Crippen molar-refractivity contribution in [2.24, 2.45) is 5.14 Å². The molecule has 0 fully saturated rings. The fraction of sp³-hybridized carbons (Fsp3) is 0. The first-order valence-electron chi connectivity index (χ1n) is 6.47. The SMILES string of the molecule is NS(=O)(=O)c1c(F)c(F)c(NS(=O)(=O)c2c(F)c(F)c(F)c(F)c2F)c(F)c1F. The average Bonchev–Trinajstić information content (AvgIpc) is 2.59. The van der Waals surface area contributed by atoms with Crippen molar-refractivity contribution < 1.29 is 56.3 Å². The zero-order valence-corrected chi connectivity index (χ0v) is 14.6. The van der Waals surface area contributed by atoms with Crippen LogP contribution in [0.5, 0.6) is 0 Å². The molecule has 29 heavy (non-hydrogen) atoms. The van der Waals surface area contributed by atoms with Crippen LogP contribution in [-0.2, 0) is 20.0 Å². The second kappa shape index (κ2) is 7.06. The van der Waals surface area contributed by atoms with E-state index in [2.05, 4.69) is 5.14 Å². The molecule has 0 unspecified atom stereocenters. The number of primary sulfonamides is 1. The summed E-state index contributed by atoms with van der Waals surface area (Å²) in [7, 11) is -11.5. The molecule has 2 rings (SSSR count). The predicted octanol–water partition coefficient (Wildman–Crippen LogP) is 2.39. The molecule has 3 N–H and O–H groups in total. The van der Waals surface area contributed by atoms with E-state index in [0.717, 1.165) is 0 Å². The molecule has 2 aromatic carbocycles. The zero-order chi connectivity index (χ0) is 22.6. The summed E-state index contributed by atoms with van der Waals surface area (Å²) in [5.41, 5.74) is -2.36. The Morgan fingerprint density at radius 3 is 1.17 bits per heavy atom. The van der Waals surface area contributed by atoms with Crippen LogP contribution in [0.4, 0.5) is 45.2 Å². The van der Waals surface area contributed by atoms with Gasteiger partial charge in [-0.2, -0.15) is 0 Å². The Morgan fingerprint density at radius 2 is 0.828 bits per heavy atom. The predicted molar refractivity (Wildman–Crippen MR) is 74.7 cm³/mol. The third-order valence-corrected chi connectivity index (χ3v) is 5.48. The topological polar surface area (TPSA) is 106 Å². The molecule has 0 aliphatic heterocycles. The lowest BCUT2D eigenvalue weighted by molar-refractivity contribution is 0.358. The van der Waals surface area contributed by atoms with Gasteiger partial charge in [-0.1, -0.05) is 0 Å². The molecule has 6 nitrogen and oxygen atoms in total. The van der Waals surface area contributed by atoms with Crippen LogP contribution in [-0.4, -0.2) is 16.8 Å². The summed E-state index contributed by atoms with van der Waals surface area (Å²) in [5, 5.41) is 4.35. The summed E-state index contributed by atoms with van der Waals surface area (Å²) in [6.45, 7) is 0. The highest BCUT2D eigenvalue weighted by atomic mass is 32.2. The first-order valence-corrected chi connectivity index (χ1v) is 9.50. The van der Waals surface area contributed by atoms with Gasteiger partial charge >= 0.3 is 0 Å². The lowest BCUT2D eigenvalue weighted by Gasteiger charge is -2.14. The molecule has 0 spiro atoms. The Morgan fingerprint density at radius 1 is 0.517 bits per heavy atom. The Labute approximate surface area is 154 Å². The number of nitrogens with one attached hydrogen (secondary N) is 1. The van der Waals surface area contributed by atoms with Gasteiger partial charge in [0.05, 0.1) is 0 Å². The van der Waals surface area contributed by atoms with Crippen LogP contribution < -0.4 is 9.86 Å². The van der Waals surface area contributed by atoms with Crippen molar-refractivity contribution in [1.82, 2.24) is 0 Å². The smallest absolute Gasteiger partial charge is 0.268 e. The molecular weight excluding hydrogens is 471 g/mol. The van der Waals surface area contributed by atoms with Crippen molar-refractivity contribution in [3.63, 3.8) is 0 Å². The molecule has 0 bridgehead atoms. The fourth-order valence-electron chi connectivity index (χ4n) is 1.96. The van der Waals surface area contributed by atoms with Crippen molar-refractivity contribution in [2.45, 2.75) is 9.79 Å². The third kappa shape index (κ3) is 3.60. The lowest BCUT2D eigenvalue weighted by Crippen LogP contribution is -2.23. The highest BCUT2D eigenvalue weighted by Gasteiger charge is 2.37. The van der Waals surface area contributed by atoms with Gasteiger partial charge in [-0.3, -0.25) is 4.72 Å². The van der Waals surface area contributed by atoms with Gasteiger partial charge in [0.25, 0.3) is 10.0 Å². The molecule has 0 aliphatic rings. The Kier molecular flexibility index (Phi) is 5.54. The van der Waals surface area contributed by atoms with Gasteiger partial charge in [0, 0.05) is 0 Å². The molecule has 0 aromatic heterocycles. The number of rotatable bonds is 4. The van der Waals surface area contributed by atoms with E-state index in [1.54, 1.807) is 0 Å². The Balaban J connectivity index is 2.80. The van der Waals surface area contributed by atoms with Gasteiger partial charge in [-0.05, 0) is 0 Å². The second-order valence-electron chi connectivity index (χ2n) is 5.01. The van der Waals surface area contributed by atoms with Crippen molar-refractivity contribution in [3.05, 3.63) is 52.4 Å². The van der Waals surface area contributed by atoms with E-state index < -0.39 is 87.9 Å². The summed E-state index contributed by atoms with van der Waals surface area (Å²) in [4.78, 5) is -4.99. The van der Waals surface area contributed by atoms with Gasteiger partial charge in [-0.15, -0.1) is 0 Å². The summed E-state index contributed by atoms with van der Waals surface area (Å²) < 4.78 is 168. The molecule has 0 aliphatic carbocycles. The maximum atomic E-state index is 13.9. The number of halogens is 9. The third-order valence-electron chi connectivity index (χ3n) is 3.18. The molecule has 2 aromatic rings. The molecule has 0 amide bonds. The largest absolute Gasteiger partial charge is 0.273 e. The van der Waals surface area contributed by atoms with Crippen molar-refractivity contribution in [1.29, 1.82) is 0 Å². The second-order valence-corrected chi connectivity index (χ2v) is 8.13. The molecule has 0 saturated heterocycles. The van der Waals surface area contributed by atoms with Crippen LogP contribution in [0.25, 0.3) is 0 Å². The highest BCUT2D eigenvalue weighted by Crippen LogP contribution is 2.33. The number of hydrogen-bond donors (Lipinski definition) is 2. The number of anilines is 1. The molecule has 0 radical (unpaired) electrons. The normalized spacial score (nSPS) is 12.3. The Bertz CT molecular complexity index is 1210. The summed E-state index contributed by atoms with van der Waals surface area (Å²) in [6.07, 6.45) is 0. The number of benzene rings is 2. The molecule has 0 heterocycles. The zero-order valence-electron chi connectivity index (χ0n) is 12.9. The number of sulfonamides is 2. The van der Waals surface area contributed by atoms with Gasteiger partial charge in [-0.25, -0.2) is 61.5 Å². The maximum Gasteiger partial charge on any atom is 0.268 e. The minimum atomic E-state index is -6.10. The van der Waals surface area contributed by atoms with E-state index in [-0.39, 0.29) is 0 Å². The van der Waals surface area contributed by atoms with Crippen LogP contribution in [0.1, 0.15) is 0 Å². The molecule has 160 valence electrons. The van der Waals surface area contributed by atoms with Crippen molar-refractivity contribution >= 4 is 25.7 Å². The monoisotopic (exact) mass is 474 g/mol. The van der Waals surface area contributed by atoms with Crippen LogP contribution in [0.2, 0.25) is 0 Å². The summed E-state index contributed by atoms with van der Waals surface area (Å²) in [6, 6.07) is 0.